The molecule has 284 valence electrons. The van der Waals surface area contributed by atoms with Crippen LogP contribution in [0.15, 0.2) is 0 Å². The Balaban J connectivity index is 2.87. The molecule has 3 N–H and O–H groups in total. The highest BCUT2D eigenvalue weighted by Gasteiger charge is 2.40. The minimum atomic E-state index is -0.738. The Labute approximate surface area is 294 Å². The number of likely N-dealkylation sites (tertiary alicyclic amines) is 1. The number of alkyl carbamates (subject to hydrolysis) is 2. The molecule has 0 aromatic carbocycles. The van der Waals surface area contributed by atoms with Crippen molar-refractivity contribution in [3.05, 3.63) is 0 Å². The van der Waals surface area contributed by atoms with E-state index in [4.69, 9.17) is 18.9 Å². The van der Waals surface area contributed by atoms with Crippen LogP contribution in [0.4, 0.5) is 9.59 Å². The number of hydrogen-bond donors (Lipinski definition) is 3. The monoisotopic (exact) mass is 698 g/mol. The quantitative estimate of drug-likeness (QED) is 0.0858. The summed E-state index contributed by atoms with van der Waals surface area (Å²) in [6, 6.07) is -2.13. The van der Waals surface area contributed by atoms with Crippen LogP contribution in [0, 0.1) is 0 Å². The Morgan fingerprint density at radius 1 is 0.673 bits per heavy atom. The smallest absolute Gasteiger partial charge is 0.407 e. The summed E-state index contributed by atoms with van der Waals surface area (Å²) < 4.78 is 21.6. The molecule has 0 unspecified atom stereocenters. The van der Waals surface area contributed by atoms with E-state index < -0.39 is 59.1 Å². The van der Waals surface area contributed by atoms with Crippen molar-refractivity contribution in [3.8, 4) is 0 Å². The summed E-state index contributed by atoms with van der Waals surface area (Å²) >= 11 is 0. The maximum absolute atomic E-state index is 14.0. The molecule has 0 bridgehead atoms. The van der Waals surface area contributed by atoms with Crippen LogP contribution in [0.1, 0.15) is 140 Å². The SMILES string of the molecule is CCOC(=O)[C@H](CCCCCCCNC(=O)OC(C)(C)C)N[C@@H](CCCCNC(=O)OC(C)(C)C)C(=O)N1CCC[C@H]1C(=O)OC(C)(C)C. The summed E-state index contributed by atoms with van der Waals surface area (Å²) in [6.45, 7) is 19.5. The van der Waals surface area contributed by atoms with Crippen molar-refractivity contribution in [1.29, 1.82) is 0 Å². The molecule has 0 radical (unpaired) electrons. The number of unbranched alkanes of at least 4 members (excludes halogenated alkanes) is 5. The summed E-state index contributed by atoms with van der Waals surface area (Å²) in [7, 11) is 0. The van der Waals surface area contributed by atoms with Gasteiger partial charge in [0.25, 0.3) is 0 Å². The summed E-state index contributed by atoms with van der Waals surface area (Å²) in [4.78, 5) is 65.7. The van der Waals surface area contributed by atoms with Crippen molar-refractivity contribution >= 4 is 30.0 Å². The van der Waals surface area contributed by atoms with Crippen molar-refractivity contribution in [2.45, 2.75) is 175 Å². The molecule has 1 heterocycles. The summed E-state index contributed by atoms with van der Waals surface area (Å²) in [6.07, 6.45) is 6.56. The molecule has 0 aromatic heterocycles. The fourth-order valence-electron chi connectivity index (χ4n) is 5.37. The van der Waals surface area contributed by atoms with E-state index in [1.165, 1.54) is 0 Å². The van der Waals surface area contributed by atoms with Gasteiger partial charge in [-0.05, 0) is 114 Å². The van der Waals surface area contributed by atoms with Crippen molar-refractivity contribution < 1.29 is 42.9 Å². The lowest BCUT2D eigenvalue weighted by atomic mass is 10.0. The molecule has 0 saturated carbocycles. The Morgan fingerprint density at radius 2 is 1.14 bits per heavy atom. The second-order valence-electron chi connectivity index (χ2n) is 15.7. The number of carbonyl (C=O) groups is 5. The molecular formula is C36H66N4O9. The van der Waals surface area contributed by atoms with E-state index in [-0.39, 0.29) is 12.5 Å². The van der Waals surface area contributed by atoms with Gasteiger partial charge in [-0.15, -0.1) is 0 Å². The summed E-state index contributed by atoms with van der Waals surface area (Å²) in [5, 5.41) is 8.82. The minimum absolute atomic E-state index is 0.212. The van der Waals surface area contributed by atoms with E-state index in [2.05, 4.69) is 16.0 Å². The zero-order valence-electron chi connectivity index (χ0n) is 32.0. The van der Waals surface area contributed by atoms with Gasteiger partial charge in [-0.3, -0.25) is 14.9 Å². The van der Waals surface area contributed by atoms with Gasteiger partial charge in [-0.25, -0.2) is 14.4 Å². The highest BCUT2D eigenvalue weighted by Crippen LogP contribution is 2.23. The molecular weight excluding hydrogens is 632 g/mol. The molecule has 13 nitrogen and oxygen atoms in total. The van der Waals surface area contributed by atoms with Crippen LogP contribution in [-0.2, 0) is 33.3 Å². The Bertz CT molecular complexity index is 1050. The van der Waals surface area contributed by atoms with Crippen LogP contribution in [0.2, 0.25) is 0 Å². The van der Waals surface area contributed by atoms with Crippen LogP contribution < -0.4 is 16.0 Å². The van der Waals surface area contributed by atoms with Crippen LogP contribution >= 0.6 is 0 Å². The maximum Gasteiger partial charge on any atom is 0.407 e. The van der Waals surface area contributed by atoms with Crippen molar-refractivity contribution in [2.75, 3.05) is 26.2 Å². The first-order valence-corrected chi connectivity index (χ1v) is 18.1. The number of amides is 3. The second kappa shape index (κ2) is 21.2. The molecule has 1 saturated heterocycles. The molecule has 0 aliphatic carbocycles. The van der Waals surface area contributed by atoms with Crippen LogP contribution in [-0.4, -0.2) is 96.1 Å². The molecule has 13 heteroatoms. The topological polar surface area (TPSA) is 162 Å². The molecule has 1 aliphatic rings. The van der Waals surface area contributed by atoms with Crippen LogP contribution in [0.3, 0.4) is 0 Å². The normalized spacial score (nSPS) is 16.4. The number of nitrogens with zero attached hydrogens (tertiary/aromatic N) is 1. The Kier molecular flexibility index (Phi) is 19.0. The summed E-state index contributed by atoms with van der Waals surface area (Å²) in [5.74, 6) is -1.10. The van der Waals surface area contributed by atoms with Crippen molar-refractivity contribution in [1.82, 2.24) is 20.9 Å². The van der Waals surface area contributed by atoms with Gasteiger partial charge in [-0.2, -0.15) is 0 Å². The highest BCUT2D eigenvalue weighted by molar-refractivity contribution is 5.89. The zero-order chi connectivity index (χ0) is 37.3. The molecule has 49 heavy (non-hydrogen) atoms. The first kappa shape index (κ1) is 43.9. The number of esters is 2. The van der Waals surface area contributed by atoms with Gasteiger partial charge in [0.05, 0.1) is 12.6 Å². The Morgan fingerprint density at radius 3 is 1.67 bits per heavy atom. The molecule has 1 rings (SSSR count). The standard InChI is InChI=1S/C36H66N4O9/c1-11-46-30(42)27(21-15-13-12-14-17-23-37-32(44)48-35(5,6)7)39-26(20-16-18-24-38-33(45)49-36(8,9)10)29(41)40-25-19-22-28(40)31(43)47-34(2,3)4/h26-28,39H,11-25H2,1-10H3,(H,37,44)(H,38,45)/t26-,27-,28-/m0/s1. The van der Waals surface area contributed by atoms with E-state index >= 15 is 0 Å². The Hall–Kier alpha value is -3.09. The van der Waals surface area contributed by atoms with E-state index in [9.17, 15) is 24.0 Å². The van der Waals surface area contributed by atoms with Gasteiger partial charge in [0.1, 0.15) is 28.9 Å². The third-order valence-electron chi connectivity index (χ3n) is 7.41. The lowest BCUT2D eigenvalue weighted by Gasteiger charge is -2.32. The fraction of sp³-hybridized carbons (Fsp3) is 0.861. The first-order valence-electron chi connectivity index (χ1n) is 18.1. The molecule has 3 amide bonds. The van der Waals surface area contributed by atoms with Crippen LogP contribution in [0.5, 0.6) is 0 Å². The number of rotatable bonds is 19. The van der Waals surface area contributed by atoms with Crippen molar-refractivity contribution in [2.24, 2.45) is 0 Å². The number of ether oxygens (including phenoxy) is 4. The summed E-state index contributed by atoms with van der Waals surface area (Å²) in [5.41, 5.74) is -1.83. The van der Waals surface area contributed by atoms with Gasteiger partial charge in [0.15, 0.2) is 0 Å². The largest absolute Gasteiger partial charge is 0.465 e. The highest BCUT2D eigenvalue weighted by atomic mass is 16.6. The predicted octanol–water partition coefficient (Wildman–Crippen LogP) is 5.77. The van der Waals surface area contributed by atoms with Gasteiger partial charge < -0.3 is 34.5 Å². The van der Waals surface area contributed by atoms with E-state index in [1.54, 1.807) is 53.4 Å². The predicted molar refractivity (Wildman–Crippen MR) is 188 cm³/mol. The van der Waals surface area contributed by atoms with E-state index in [0.29, 0.717) is 58.2 Å². The third kappa shape index (κ3) is 20.2. The van der Waals surface area contributed by atoms with E-state index in [0.717, 1.165) is 32.1 Å². The zero-order valence-corrected chi connectivity index (χ0v) is 32.0. The van der Waals surface area contributed by atoms with Gasteiger partial charge in [0.2, 0.25) is 5.91 Å². The molecule has 0 aromatic rings. The molecule has 0 spiro atoms. The average molecular weight is 699 g/mol. The van der Waals surface area contributed by atoms with Gasteiger partial charge in [-0.1, -0.05) is 25.7 Å². The molecule has 1 fully saturated rings. The molecule has 1 aliphatic heterocycles. The average Bonchev–Trinajstić information content (AvgIpc) is 3.44. The lowest BCUT2D eigenvalue weighted by Crippen LogP contribution is -2.55. The maximum atomic E-state index is 14.0. The minimum Gasteiger partial charge on any atom is -0.465 e. The third-order valence-corrected chi connectivity index (χ3v) is 7.41. The lowest BCUT2D eigenvalue weighted by molar-refractivity contribution is -0.163. The number of carbonyl (C=O) groups excluding carboxylic acids is 5. The molecule has 3 atom stereocenters. The number of nitrogens with one attached hydrogen (secondary N) is 3. The fourth-order valence-corrected chi connectivity index (χ4v) is 5.37. The van der Waals surface area contributed by atoms with Gasteiger partial charge in [0, 0.05) is 19.6 Å². The second-order valence-corrected chi connectivity index (χ2v) is 15.7. The first-order chi connectivity index (χ1) is 22.7. The van der Waals surface area contributed by atoms with E-state index in [1.807, 2.05) is 20.8 Å². The number of hydrogen-bond acceptors (Lipinski definition) is 10. The van der Waals surface area contributed by atoms with Crippen LogP contribution in [0.25, 0.3) is 0 Å². The van der Waals surface area contributed by atoms with Crippen molar-refractivity contribution in [3.63, 3.8) is 0 Å². The van der Waals surface area contributed by atoms with Gasteiger partial charge >= 0.3 is 24.1 Å².